The van der Waals surface area contributed by atoms with Crippen LogP contribution in [0.25, 0.3) is 5.65 Å². The summed E-state index contributed by atoms with van der Waals surface area (Å²) in [7, 11) is 0. The van der Waals surface area contributed by atoms with Crippen molar-refractivity contribution in [3.63, 3.8) is 0 Å². The van der Waals surface area contributed by atoms with Crippen LogP contribution >= 0.6 is 11.8 Å². The Bertz CT molecular complexity index is 455. The van der Waals surface area contributed by atoms with Gasteiger partial charge in [-0.1, -0.05) is 23.7 Å². The molecule has 0 aliphatic rings. The molecule has 64 valence electrons. The van der Waals surface area contributed by atoms with Crippen molar-refractivity contribution in [2.45, 2.75) is 5.16 Å². The second kappa shape index (κ2) is 3.50. The molecule has 13 heavy (non-hydrogen) atoms. The number of pyridine rings is 1. The zero-order valence-corrected chi connectivity index (χ0v) is 7.66. The average molecular weight is 189 g/mol. The normalized spacial score (nSPS) is 10.1. The van der Waals surface area contributed by atoms with E-state index in [1.807, 2.05) is 28.8 Å². The number of hydrogen-bond acceptors (Lipinski definition) is 3. The van der Waals surface area contributed by atoms with Gasteiger partial charge in [0.15, 0.2) is 10.8 Å². The molecule has 0 N–H and O–H groups in total. The summed E-state index contributed by atoms with van der Waals surface area (Å²) >= 11 is 1.51. The summed E-state index contributed by atoms with van der Waals surface area (Å²) in [5.74, 6) is 3.17. The maximum atomic E-state index is 5.16. The molecule has 0 aliphatic heterocycles. The quantitative estimate of drug-likeness (QED) is 0.529. The lowest BCUT2D eigenvalue weighted by molar-refractivity contribution is 0.923. The third kappa shape index (κ3) is 1.51. The number of terminal acetylenes is 1. The first kappa shape index (κ1) is 8.14. The van der Waals surface area contributed by atoms with Gasteiger partial charge in [0.05, 0.1) is 5.75 Å². The molecule has 3 nitrogen and oxygen atoms in total. The van der Waals surface area contributed by atoms with Crippen LogP contribution in [0.3, 0.4) is 0 Å². The Labute approximate surface area is 80.2 Å². The molecule has 0 aromatic carbocycles. The highest BCUT2D eigenvalue weighted by Crippen LogP contribution is 2.15. The molecular weight excluding hydrogens is 182 g/mol. The van der Waals surface area contributed by atoms with Crippen molar-refractivity contribution in [2.75, 3.05) is 5.75 Å². The van der Waals surface area contributed by atoms with E-state index in [1.54, 1.807) is 0 Å². The fourth-order valence-electron chi connectivity index (χ4n) is 1.02. The molecule has 0 saturated heterocycles. The minimum absolute atomic E-state index is 0.621. The Morgan fingerprint density at radius 1 is 1.46 bits per heavy atom. The van der Waals surface area contributed by atoms with Gasteiger partial charge in [-0.05, 0) is 12.1 Å². The van der Waals surface area contributed by atoms with Gasteiger partial charge in [0, 0.05) is 6.20 Å². The Kier molecular flexibility index (Phi) is 2.19. The lowest BCUT2D eigenvalue weighted by Crippen LogP contribution is -1.85. The zero-order chi connectivity index (χ0) is 9.10. The highest BCUT2D eigenvalue weighted by molar-refractivity contribution is 7.99. The average Bonchev–Trinajstić information content (AvgIpc) is 2.58. The highest BCUT2D eigenvalue weighted by atomic mass is 32.2. The van der Waals surface area contributed by atoms with Gasteiger partial charge in [0.2, 0.25) is 0 Å². The van der Waals surface area contributed by atoms with Crippen molar-refractivity contribution >= 4 is 17.4 Å². The summed E-state index contributed by atoms with van der Waals surface area (Å²) in [4.78, 5) is 0. The van der Waals surface area contributed by atoms with Gasteiger partial charge in [-0.25, -0.2) is 0 Å². The van der Waals surface area contributed by atoms with E-state index in [1.165, 1.54) is 11.8 Å². The van der Waals surface area contributed by atoms with Crippen LogP contribution in [-0.4, -0.2) is 20.4 Å². The molecule has 0 spiro atoms. The van der Waals surface area contributed by atoms with E-state index < -0.39 is 0 Å². The topological polar surface area (TPSA) is 30.2 Å². The van der Waals surface area contributed by atoms with E-state index in [-0.39, 0.29) is 0 Å². The van der Waals surface area contributed by atoms with Gasteiger partial charge >= 0.3 is 0 Å². The largest absolute Gasteiger partial charge is 0.277 e. The van der Waals surface area contributed by atoms with Crippen LogP contribution in [0.15, 0.2) is 29.6 Å². The smallest absolute Gasteiger partial charge is 0.196 e. The third-order valence-corrected chi connectivity index (χ3v) is 2.41. The first-order valence-electron chi connectivity index (χ1n) is 3.78. The molecule has 2 aromatic rings. The molecule has 0 saturated carbocycles. The number of hydrogen-bond donors (Lipinski definition) is 0. The van der Waals surface area contributed by atoms with Crippen LogP contribution < -0.4 is 0 Å². The molecule has 0 bridgehead atoms. The maximum Gasteiger partial charge on any atom is 0.196 e. The van der Waals surface area contributed by atoms with Crippen molar-refractivity contribution in [2.24, 2.45) is 0 Å². The summed E-state index contributed by atoms with van der Waals surface area (Å²) in [5.41, 5.74) is 0.849. The molecule has 0 aliphatic carbocycles. The van der Waals surface area contributed by atoms with E-state index in [9.17, 15) is 0 Å². The van der Waals surface area contributed by atoms with E-state index >= 15 is 0 Å². The second-order valence-electron chi connectivity index (χ2n) is 2.40. The van der Waals surface area contributed by atoms with Crippen LogP contribution in [0.4, 0.5) is 0 Å². The van der Waals surface area contributed by atoms with Crippen molar-refractivity contribution in [1.29, 1.82) is 0 Å². The van der Waals surface area contributed by atoms with Crippen molar-refractivity contribution in [3.8, 4) is 12.3 Å². The zero-order valence-electron chi connectivity index (χ0n) is 6.84. The second-order valence-corrected chi connectivity index (χ2v) is 3.35. The van der Waals surface area contributed by atoms with Crippen LogP contribution in [0.1, 0.15) is 0 Å². The SMILES string of the molecule is C#CCSc1nnc2ccccn12. The van der Waals surface area contributed by atoms with E-state index in [2.05, 4.69) is 16.1 Å². The number of rotatable bonds is 2. The van der Waals surface area contributed by atoms with Gasteiger partial charge in [0.25, 0.3) is 0 Å². The molecule has 0 atom stereocenters. The number of fused-ring (bicyclic) bond motifs is 1. The van der Waals surface area contributed by atoms with Crippen LogP contribution in [0.2, 0.25) is 0 Å². The Balaban J connectivity index is 2.41. The summed E-state index contributed by atoms with van der Waals surface area (Å²) in [6.07, 6.45) is 7.09. The van der Waals surface area contributed by atoms with E-state index in [0.29, 0.717) is 5.75 Å². The maximum absolute atomic E-state index is 5.16. The van der Waals surface area contributed by atoms with Crippen molar-refractivity contribution in [3.05, 3.63) is 24.4 Å². The van der Waals surface area contributed by atoms with Crippen LogP contribution in [0, 0.1) is 12.3 Å². The van der Waals surface area contributed by atoms with Crippen molar-refractivity contribution in [1.82, 2.24) is 14.6 Å². The standard InChI is InChI=1S/C9H7N3S/c1-2-7-13-9-11-10-8-5-3-4-6-12(8)9/h1,3-6H,7H2. The van der Waals surface area contributed by atoms with E-state index in [0.717, 1.165) is 10.8 Å². The van der Waals surface area contributed by atoms with Crippen molar-refractivity contribution < 1.29 is 0 Å². The molecule has 0 amide bonds. The fraction of sp³-hybridized carbons (Fsp3) is 0.111. The third-order valence-electron chi connectivity index (χ3n) is 1.57. The molecule has 2 rings (SSSR count). The summed E-state index contributed by atoms with van der Waals surface area (Å²) in [5, 5.41) is 8.85. The molecule has 0 radical (unpaired) electrons. The Morgan fingerprint density at radius 3 is 3.23 bits per heavy atom. The number of thioether (sulfide) groups is 1. The van der Waals surface area contributed by atoms with Gasteiger partial charge in [-0.2, -0.15) is 0 Å². The van der Waals surface area contributed by atoms with Gasteiger partial charge in [-0.15, -0.1) is 16.6 Å². The van der Waals surface area contributed by atoms with Gasteiger partial charge in [-0.3, -0.25) is 4.40 Å². The lowest BCUT2D eigenvalue weighted by atomic mass is 10.5. The van der Waals surface area contributed by atoms with Crippen LogP contribution in [0.5, 0.6) is 0 Å². The first-order valence-corrected chi connectivity index (χ1v) is 4.76. The van der Waals surface area contributed by atoms with E-state index in [4.69, 9.17) is 6.42 Å². The minimum Gasteiger partial charge on any atom is -0.277 e. The van der Waals surface area contributed by atoms with Gasteiger partial charge < -0.3 is 0 Å². The first-order chi connectivity index (χ1) is 6.42. The Morgan fingerprint density at radius 2 is 2.38 bits per heavy atom. The molecule has 4 heteroatoms. The van der Waals surface area contributed by atoms with Gasteiger partial charge in [0.1, 0.15) is 0 Å². The molecule has 0 fully saturated rings. The number of aromatic nitrogens is 3. The predicted octanol–water partition coefficient (Wildman–Crippen LogP) is 1.45. The van der Waals surface area contributed by atoms with Crippen LogP contribution in [-0.2, 0) is 0 Å². The highest BCUT2D eigenvalue weighted by Gasteiger charge is 2.02. The lowest BCUT2D eigenvalue weighted by Gasteiger charge is -1.94. The summed E-state index contributed by atoms with van der Waals surface area (Å²) in [6.45, 7) is 0. The molecule has 0 unspecified atom stereocenters. The molecular formula is C9H7N3S. The Hall–Kier alpha value is -1.47. The number of nitrogens with zero attached hydrogens (tertiary/aromatic N) is 3. The fourth-order valence-corrected chi connectivity index (χ4v) is 1.63. The molecule has 2 aromatic heterocycles. The monoisotopic (exact) mass is 189 g/mol. The minimum atomic E-state index is 0.621. The summed E-state index contributed by atoms with van der Waals surface area (Å²) < 4.78 is 1.92. The predicted molar refractivity (Wildman–Crippen MR) is 52.5 cm³/mol. The molecule has 2 heterocycles. The summed E-state index contributed by atoms with van der Waals surface area (Å²) in [6, 6.07) is 5.78.